The number of nitrogens with zero attached hydrogens (tertiary/aromatic N) is 1. The average molecular weight is 350 g/mol. The Bertz CT molecular complexity index is 1190. The third kappa shape index (κ3) is 2.74. The lowest BCUT2D eigenvalue weighted by molar-refractivity contribution is -0.110. The van der Waals surface area contributed by atoms with Crippen molar-refractivity contribution in [2.24, 2.45) is 0 Å². The third-order valence-corrected chi connectivity index (χ3v) is 5.03. The molecule has 1 N–H and O–H groups in total. The molecule has 0 radical (unpaired) electrons. The van der Waals surface area contributed by atoms with Gasteiger partial charge < -0.3 is 9.88 Å². The van der Waals surface area contributed by atoms with Gasteiger partial charge in [0, 0.05) is 46.0 Å². The second kappa shape index (κ2) is 6.29. The van der Waals surface area contributed by atoms with Gasteiger partial charge in [-0.25, -0.2) is 0 Å². The van der Waals surface area contributed by atoms with E-state index < -0.39 is 0 Å². The molecule has 1 amide bonds. The first-order chi connectivity index (χ1) is 13.3. The van der Waals surface area contributed by atoms with Crippen LogP contribution in [0.4, 0.5) is 5.69 Å². The zero-order valence-corrected chi connectivity index (χ0v) is 14.7. The lowest BCUT2D eigenvalue weighted by Gasteiger charge is -2.05. The van der Waals surface area contributed by atoms with Crippen LogP contribution < -0.4 is 5.32 Å². The van der Waals surface area contributed by atoms with Crippen molar-refractivity contribution in [3.05, 3.63) is 102 Å². The summed E-state index contributed by atoms with van der Waals surface area (Å²) in [7, 11) is 0. The van der Waals surface area contributed by atoms with Crippen LogP contribution in [0.3, 0.4) is 0 Å². The summed E-state index contributed by atoms with van der Waals surface area (Å²) in [5, 5.41) is 4.10. The Labute approximate surface area is 157 Å². The van der Waals surface area contributed by atoms with Crippen LogP contribution in [0.25, 0.3) is 22.6 Å². The Morgan fingerprint density at radius 3 is 2.48 bits per heavy atom. The molecule has 3 aromatic carbocycles. The molecule has 0 bridgehead atoms. The van der Waals surface area contributed by atoms with E-state index in [0.29, 0.717) is 5.57 Å². The van der Waals surface area contributed by atoms with Crippen molar-refractivity contribution in [3.63, 3.8) is 0 Å². The van der Waals surface area contributed by atoms with E-state index >= 15 is 0 Å². The number of hydrogen-bond acceptors (Lipinski definition) is 1. The summed E-state index contributed by atoms with van der Waals surface area (Å²) in [6.07, 6.45) is 4.14. The number of nitrogens with one attached hydrogen (secondary N) is 1. The molecule has 1 aliphatic heterocycles. The van der Waals surface area contributed by atoms with E-state index in [0.717, 1.165) is 28.7 Å². The van der Waals surface area contributed by atoms with Crippen molar-refractivity contribution in [1.82, 2.24) is 4.57 Å². The van der Waals surface area contributed by atoms with Gasteiger partial charge >= 0.3 is 0 Å². The first-order valence-corrected chi connectivity index (χ1v) is 9.04. The average Bonchev–Trinajstić information content (AvgIpc) is 3.21. The quantitative estimate of drug-likeness (QED) is 0.507. The molecule has 27 heavy (non-hydrogen) atoms. The fourth-order valence-electron chi connectivity index (χ4n) is 3.74. The summed E-state index contributed by atoms with van der Waals surface area (Å²) >= 11 is 0. The van der Waals surface area contributed by atoms with Crippen LogP contribution in [-0.4, -0.2) is 10.5 Å². The van der Waals surface area contributed by atoms with Gasteiger partial charge in [-0.1, -0.05) is 66.7 Å². The summed E-state index contributed by atoms with van der Waals surface area (Å²) in [5.74, 6) is -0.0453. The molecule has 1 aliphatic rings. The second-order valence-corrected chi connectivity index (χ2v) is 6.77. The van der Waals surface area contributed by atoms with Gasteiger partial charge in [-0.15, -0.1) is 0 Å². The molecule has 3 nitrogen and oxygen atoms in total. The van der Waals surface area contributed by atoms with E-state index in [-0.39, 0.29) is 5.91 Å². The van der Waals surface area contributed by atoms with Crippen LogP contribution in [0.1, 0.15) is 16.7 Å². The minimum Gasteiger partial charge on any atom is -0.342 e. The van der Waals surface area contributed by atoms with Gasteiger partial charge in [0.2, 0.25) is 0 Å². The van der Waals surface area contributed by atoms with Gasteiger partial charge in [0.15, 0.2) is 0 Å². The fourth-order valence-corrected chi connectivity index (χ4v) is 3.74. The maximum Gasteiger partial charge on any atom is 0.256 e. The lowest BCUT2D eigenvalue weighted by atomic mass is 10.0. The standard InChI is InChI=1S/C24H18N2O/c27-24-21(20-11-4-6-12-22(20)25-24)14-18-16-26(15-17-8-2-1-3-9-17)23-13-7-5-10-19(18)23/h1-14,16H,15H2,(H,25,27). The molecule has 1 aromatic heterocycles. The zero-order valence-electron chi connectivity index (χ0n) is 14.7. The van der Waals surface area contributed by atoms with Crippen molar-refractivity contribution in [1.29, 1.82) is 0 Å². The molecule has 130 valence electrons. The highest BCUT2D eigenvalue weighted by Crippen LogP contribution is 2.34. The van der Waals surface area contributed by atoms with Crippen molar-refractivity contribution >= 4 is 34.1 Å². The summed E-state index contributed by atoms with van der Waals surface area (Å²) in [6, 6.07) is 26.6. The minimum atomic E-state index is -0.0453. The zero-order chi connectivity index (χ0) is 18.2. The number of rotatable bonds is 3. The van der Waals surface area contributed by atoms with Gasteiger partial charge in [0.05, 0.1) is 0 Å². The highest BCUT2D eigenvalue weighted by atomic mass is 16.2. The first-order valence-electron chi connectivity index (χ1n) is 9.04. The van der Waals surface area contributed by atoms with Crippen molar-refractivity contribution in [2.75, 3.05) is 5.32 Å². The second-order valence-electron chi connectivity index (χ2n) is 6.77. The topological polar surface area (TPSA) is 34.0 Å². The van der Waals surface area contributed by atoms with Crippen LogP contribution in [0.15, 0.2) is 85.1 Å². The van der Waals surface area contributed by atoms with Gasteiger partial charge in [-0.2, -0.15) is 0 Å². The molecule has 2 heterocycles. The molecule has 0 spiro atoms. The summed E-state index contributed by atoms with van der Waals surface area (Å²) in [4.78, 5) is 12.5. The number of aromatic nitrogens is 1. The van der Waals surface area contributed by atoms with Crippen LogP contribution in [0, 0.1) is 0 Å². The fraction of sp³-hybridized carbons (Fsp3) is 0.0417. The molecule has 0 fully saturated rings. The van der Waals surface area contributed by atoms with E-state index in [2.05, 4.69) is 58.5 Å². The maximum absolute atomic E-state index is 12.5. The minimum absolute atomic E-state index is 0.0453. The predicted molar refractivity (Wildman–Crippen MR) is 110 cm³/mol. The largest absolute Gasteiger partial charge is 0.342 e. The van der Waals surface area contributed by atoms with E-state index in [9.17, 15) is 4.79 Å². The van der Waals surface area contributed by atoms with E-state index in [1.54, 1.807) is 0 Å². The van der Waals surface area contributed by atoms with Crippen molar-refractivity contribution in [2.45, 2.75) is 6.54 Å². The highest BCUT2D eigenvalue weighted by Gasteiger charge is 2.23. The summed E-state index contributed by atoms with van der Waals surface area (Å²) in [6.45, 7) is 0.799. The lowest BCUT2D eigenvalue weighted by Crippen LogP contribution is -2.03. The number of carbonyl (C=O) groups excluding carboxylic acids is 1. The molecule has 0 unspecified atom stereocenters. The highest BCUT2D eigenvalue weighted by molar-refractivity contribution is 6.35. The molecule has 4 aromatic rings. The number of hydrogen-bond donors (Lipinski definition) is 1. The van der Waals surface area contributed by atoms with E-state index in [4.69, 9.17) is 0 Å². The maximum atomic E-state index is 12.5. The molecule has 0 saturated carbocycles. The van der Waals surface area contributed by atoms with Crippen LogP contribution >= 0.6 is 0 Å². The van der Waals surface area contributed by atoms with Crippen molar-refractivity contribution < 1.29 is 4.79 Å². The number of amides is 1. The normalized spacial score (nSPS) is 14.5. The van der Waals surface area contributed by atoms with Gasteiger partial charge in [0.1, 0.15) is 0 Å². The Morgan fingerprint density at radius 1 is 0.852 bits per heavy atom. The number of para-hydroxylation sites is 2. The monoisotopic (exact) mass is 350 g/mol. The number of fused-ring (bicyclic) bond motifs is 2. The van der Waals surface area contributed by atoms with Crippen LogP contribution in [0.5, 0.6) is 0 Å². The SMILES string of the molecule is O=C1Nc2ccccc2C1=Cc1cn(Cc2ccccc2)c2ccccc12. The van der Waals surface area contributed by atoms with E-state index in [1.165, 1.54) is 11.1 Å². The number of anilines is 1. The number of carbonyl (C=O) groups is 1. The molecule has 3 heteroatoms. The third-order valence-electron chi connectivity index (χ3n) is 5.03. The smallest absolute Gasteiger partial charge is 0.256 e. The van der Waals surface area contributed by atoms with Crippen molar-refractivity contribution in [3.8, 4) is 0 Å². The van der Waals surface area contributed by atoms with Gasteiger partial charge in [0.25, 0.3) is 5.91 Å². The molecule has 5 rings (SSSR count). The molecule has 0 atom stereocenters. The molecule has 0 saturated heterocycles. The van der Waals surface area contributed by atoms with Crippen LogP contribution in [-0.2, 0) is 11.3 Å². The summed E-state index contributed by atoms with van der Waals surface area (Å²) in [5.41, 5.74) is 6.03. The molecule has 0 aliphatic carbocycles. The Kier molecular flexibility index (Phi) is 3.65. The molecular weight excluding hydrogens is 332 g/mol. The number of benzene rings is 3. The predicted octanol–water partition coefficient (Wildman–Crippen LogP) is 5.18. The summed E-state index contributed by atoms with van der Waals surface area (Å²) < 4.78 is 2.25. The van der Waals surface area contributed by atoms with Crippen LogP contribution in [0.2, 0.25) is 0 Å². The van der Waals surface area contributed by atoms with E-state index in [1.807, 2.05) is 42.5 Å². The van der Waals surface area contributed by atoms with Gasteiger partial charge in [-0.05, 0) is 23.8 Å². The molecular formula is C24H18N2O. The van der Waals surface area contributed by atoms with Gasteiger partial charge in [-0.3, -0.25) is 4.79 Å². The first kappa shape index (κ1) is 15.6. The Balaban J connectivity index is 1.63. The Hall–Kier alpha value is -3.59. The Morgan fingerprint density at radius 2 is 1.59 bits per heavy atom.